The quantitative estimate of drug-likeness (QED) is 0.712. The Hall–Kier alpha value is -3.41. The summed E-state index contributed by atoms with van der Waals surface area (Å²) in [5.41, 5.74) is 3.25. The molecule has 6 heteroatoms. The van der Waals surface area contributed by atoms with Gasteiger partial charge in [-0.3, -0.25) is 4.79 Å². The molecule has 3 aromatic rings. The molecule has 0 fully saturated rings. The first-order chi connectivity index (χ1) is 13.1. The van der Waals surface area contributed by atoms with Crippen LogP contribution in [0.5, 0.6) is 5.75 Å². The van der Waals surface area contributed by atoms with Crippen LogP contribution in [-0.4, -0.2) is 29.5 Å². The van der Waals surface area contributed by atoms with Gasteiger partial charge >= 0.3 is 0 Å². The van der Waals surface area contributed by atoms with E-state index in [0.29, 0.717) is 18.1 Å². The van der Waals surface area contributed by atoms with Crippen LogP contribution in [0.1, 0.15) is 22.8 Å². The first kappa shape index (κ1) is 18.4. The lowest BCUT2D eigenvalue weighted by molar-refractivity contribution is 0.0987. The highest BCUT2D eigenvalue weighted by Gasteiger charge is 2.17. The fraction of sp³-hybridized carbons (Fsp3) is 0.190. The van der Waals surface area contributed by atoms with Gasteiger partial charge in [0.1, 0.15) is 5.75 Å². The number of rotatable bonds is 6. The molecule has 138 valence electrons. The molecule has 0 spiro atoms. The second kappa shape index (κ2) is 8.31. The first-order valence-electron chi connectivity index (χ1n) is 8.72. The molecule has 1 amide bonds. The second-order valence-electron chi connectivity index (χ2n) is 6.04. The molecule has 0 unspecified atom stereocenters. The van der Waals surface area contributed by atoms with Crippen LogP contribution in [0.4, 0.5) is 17.3 Å². The zero-order valence-electron chi connectivity index (χ0n) is 15.6. The molecule has 1 aromatic heterocycles. The van der Waals surface area contributed by atoms with Gasteiger partial charge in [-0.25, -0.2) is 9.97 Å². The molecular formula is C21H22N4O2. The zero-order valence-corrected chi connectivity index (χ0v) is 15.6. The fourth-order valence-electron chi connectivity index (χ4n) is 2.70. The van der Waals surface area contributed by atoms with Crippen LogP contribution in [-0.2, 0) is 0 Å². The Labute approximate surface area is 158 Å². The summed E-state index contributed by atoms with van der Waals surface area (Å²) >= 11 is 0. The van der Waals surface area contributed by atoms with Crippen molar-refractivity contribution in [2.75, 3.05) is 23.9 Å². The monoisotopic (exact) mass is 362 g/mol. The van der Waals surface area contributed by atoms with E-state index in [0.717, 1.165) is 22.7 Å². The van der Waals surface area contributed by atoms with Gasteiger partial charge in [0.2, 0.25) is 5.95 Å². The van der Waals surface area contributed by atoms with Crippen LogP contribution in [0.15, 0.2) is 60.9 Å². The van der Waals surface area contributed by atoms with Gasteiger partial charge in [0, 0.05) is 30.3 Å². The van der Waals surface area contributed by atoms with Crippen LogP contribution >= 0.6 is 0 Å². The highest BCUT2D eigenvalue weighted by atomic mass is 16.5. The Balaban J connectivity index is 1.74. The van der Waals surface area contributed by atoms with Crippen molar-refractivity contribution in [1.82, 2.24) is 9.97 Å². The summed E-state index contributed by atoms with van der Waals surface area (Å²) < 4.78 is 5.14. The molecule has 0 radical (unpaired) electrons. The van der Waals surface area contributed by atoms with E-state index in [9.17, 15) is 4.79 Å². The fourth-order valence-corrected chi connectivity index (χ4v) is 2.70. The third-order valence-corrected chi connectivity index (χ3v) is 4.12. The Morgan fingerprint density at radius 1 is 1.11 bits per heavy atom. The maximum atomic E-state index is 12.8. The van der Waals surface area contributed by atoms with Gasteiger partial charge in [-0.15, -0.1) is 0 Å². The molecule has 0 aliphatic carbocycles. The number of aromatic nitrogens is 2. The van der Waals surface area contributed by atoms with Gasteiger partial charge in [0.05, 0.1) is 12.7 Å². The van der Waals surface area contributed by atoms with Gasteiger partial charge in [0.15, 0.2) is 0 Å². The maximum absolute atomic E-state index is 12.8. The second-order valence-corrected chi connectivity index (χ2v) is 6.04. The summed E-state index contributed by atoms with van der Waals surface area (Å²) in [5, 5.41) is 3.10. The molecular weight excluding hydrogens is 340 g/mol. The number of amides is 1. The Morgan fingerprint density at radius 2 is 1.81 bits per heavy atom. The van der Waals surface area contributed by atoms with E-state index in [2.05, 4.69) is 15.3 Å². The predicted octanol–water partition coefficient (Wildman–Crippen LogP) is 4.20. The lowest BCUT2D eigenvalue weighted by atomic mass is 10.2. The largest absolute Gasteiger partial charge is 0.497 e. The number of nitrogens with one attached hydrogen (secondary N) is 1. The molecule has 27 heavy (non-hydrogen) atoms. The lowest BCUT2D eigenvalue weighted by Crippen LogP contribution is -2.30. The van der Waals surface area contributed by atoms with E-state index in [-0.39, 0.29) is 5.91 Å². The highest BCUT2D eigenvalue weighted by molar-refractivity contribution is 6.05. The molecule has 3 rings (SSSR count). The van der Waals surface area contributed by atoms with Crippen molar-refractivity contribution in [3.8, 4) is 5.75 Å². The SMILES string of the molecule is CCN(C(=O)c1cnc(Nc2ccc(OC)cc2)nc1)c1cccc(C)c1. The number of ether oxygens (including phenoxy) is 1. The Bertz CT molecular complexity index is 908. The summed E-state index contributed by atoms with van der Waals surface area (Å²) in [7, 11) is 1.62. The molecule has 6 nitrogen and oxygen atoms in total. The van der Waals surface area contributed by atoms with E-state index in [1.54, 1.807) is 24.4 Å². The molecule has 1 N–H and O–H groups in total. The number of hydrogen-bond donors (Lipinski definition) is 1. The molecule has 0 saturated carbocycles. The molecule has 2 aromatic carbocycles. The molecule has 0 saturated heterocycles. The third-order valence-electron chi connectivity index (χ3n) is 4.12. The molecule has 0 bridgehead atoms. The minimum Gasteiger partial charge on any atom is -0.497 e. The van der Waals surface area contributed by atoms with Gasteiger partial charge in [-0.05, 0) is 55.8 Å². The van der Waals surface area contributed by atoms with Gasteiger partial charge in [0.25, 0.3) is 5.91 Å². The minimum absolute atomic E-state index is 0.126. The van der Waals surface area contributed by atoms with Gasteiger partial charge in [-0.1, -0.05) is 12.1 Å². The summed E-state index contributed by atoms with van der Waals surface area (Å²) in [6.07, 6.45) is 3.08. The van der Waals surface area contributed by atoms with Crippen molar-refractivity contribution >= 4 is 23.2 Å². The summed E-state index contributed by atoms with van der Waals surface area (Å²) in [6, 6.07) is 15.3. The number of nitrogens with zero attached hydrogens (tertiary/aromatic N) is 3. The van der Waals surface area contributed by atoms with Crippen LogP contribution in [0.2, 0.25) is 0 Å². The topological polar surface area (TPSA) is 67.4 Å². The normalized spacial score (nSPS) is 10.3. The van der Waals surface area contributed by atoms with Crippen LogP contribution in [0.3, 0.4) is 0 Å². The van der Waals surface area contributed by atoms with E-state index < -0.39 is 0 Å². The average Bonchev–Trinajstić information content (AvgIpc) is 2.70. The summed E-state index contributed by atoms with van der Waals surface area (Å²) in [4.78, 5) is 23.1. The van der Waals surface area contributed by atoms with E-state index >= 15 is 0 Å². The van der Waals surface area contributed by atoms with Crippen molar-refractivity contribution in [2.24, 2.45) is 0 Å². The van der Waals surface area contributed by atoms with Crippen LogP contribution < -0.4 is 15.0 Å². The summed E-state index contributed by atoms with van der Waals surface area (Å²) in [5.74, 6) is 1.08. The Kier molecular flexibility index (Phi) is 5.66. The molecule has 1 heterocycles. The van der Waals surface area contributed by atoms with Crippen molar-refractivity contribution in [2.45, 2.75) is 13.8 Å². The Morgan fingerprint density at radius 3 is 2.41 bits per heavy atom. The van der Waals surface area contributed by atoms with Crippen LogP contribution in [0.25, 0.3) is 0 Å². The predicted molar refractivity (Wildman–Crippen MR) is 107 cm³/mol. The lowest BCUT2D eigenvalue weighted by Gasteiger charge is -2.21. The van der Waals surface area contributed by atoms with Crippen molar-refractivity contribution < 1.29 is 9.53 Å². The van der Waals surface area contributed by atoms with Crippen LogP contribution in [0, 0.1) is 6.92 Å². The van der Waals surface area contributed by atoms with E-state index in [1.165, 1.54) is 0 Å². The maximum Gasteiger partial charge on any atom is 0.261 e. The van der Waals surface area contributed by atoms with Gasteiger partial charge < -0.3 is 15.0 Å². The number of methoxy groups -OCH3 is 1. The third kappa shape index (κ3) is 4.41. The standard InChI is InChI=1S/C21H22N4O2/c1-4-25(18-7-5-6-15(2)12-18)20(26)16-13-22-21(23-14-16)24-17-8-10-19(27-3)11-9-17/h5-14H,4H2,1-3H3,(H,22,23,24). The van der Waals surface area contributed by atoms with Gasteiger partial charge in [-0.2, -0.15) is 0 Å². The highest BCUT2D eigenvalue weighted by Crippen LogP contribution is 2.20. The number of hydrogen-bond acceptors (Lipinski definition) is 5. The number of anilines is 3. The molecule has 0 aliphatic rings. The molecule has 0 aliphatic heterocycles. The number of carbonyl (C=O) groups excluding carboxylic acids is 1. The first-order valence-corrected chi connectivity index (χ1v) is 8.72. The summed E-state index contributed by atoms with van der Waals surface area (Å²) in [6.45, 7) is 4.51. The van der Waals surface area contributed by atoms with E-state index in [1.807, 2.05) is 62.4 Å². The number of benzene rings is 2. The smallest absolute Gasteiger partial charge is 0.261 e. The average molecular weight is 362 g/mol. The van der Waals surface area contributed by atoms with E-state index in [4.69, 9.17) is 4.74 Å². The molecule has 0 atom stereocenters. The zero-order chi connectivity index (χ0) is 19.2. The number of aryl methyl sites for hydroxylation is 1. The van der Waals surface area contributed by atoms with Crippen molar-refractivity contribution in [3.05, 3.63) is 72.1 Å². The number of carbonyl (C=O) groups is 1. The van der Waals surface area contributed by atoms with Crippen molar-refractivity contribution in [1.29, 1.82) is 0 Å². The van der Waals surface area contributed by atoms with Crippen molar-refractivity contribution in [3.63, 3.8) is 0 Å². The minimum atomic E-state index is -0.126.